The minimum Gasteiger partial charge on any atom is -0.497 e. The van der Waals surface area contributed by atoms with Crippen molar-refractivity contribution in [2.75, 3.05) is 20.2 Å². The van der Waals surface area contributed by atoms with Crippen molar-refractivity contribution in [3.05, 3.63) is 96.2 Å². The number of sulfonamides is 1. The lowest BCUT2D eigenvalue weighted by molar-refractivity contribution is -0.132. The van der Waals surface area contributed by atoms with Crippen LogP contribution in [0.2, 0.25) is 0 Å². The van der Waals surface area contributed by atoms with Crippen molar-refractivity contribution in [2.45, 2.75) is 36.7 Å². The van der Waals surface area contributed by atoms with Crippen molar-refractivity contribution in [1.29, 1.82) is 0 Å². The molecule has 5 rings (SSSR count). The Morgan fingerprint density at radius 1 is 0.973 bits per heavy atom. The number of carbonyl (C=O) groups is 1. The van der Waals surface area contributed by atoms with E-state index >= 15 is 0 Å². The fourth-order valence-corrected chi connectivity index (χ4v) is 6.21. The highest BCUT2D eigenvalue weighted by Crippen LogP contribution is 2.32. The molecule has 1 fully saturated rings. The second-order valence-electron chi connectivity index (χ2n) is 9.37. The van der Waals surface area contributed by atoms with Crippen LogP contribution in [-0.4, -0.2) is 54.8 Å². The fourth-order valence-electron chi connectivity index (χ4n) is 4.58. The summed E-state index contributed by atoms with van der Waals surface area (Å²) in [4.78, 5) is 18.9. The van der Waals surface area contributed by atoms with Crippen LogP contribution in [0.5, 0.6) is 5.75 Å². The molecule has 7 nitrogen and oxygen atoms in total. The van der Waals surface area contributed by atoms with Gasteiger partial charge in [-0.1, -0.05) is 48.5 Å². The number of ether oxygens (including phenoxy) is 1. The zero-order valence-electron chi connectivity index (χ0n) is 20.8. The van der Waals surface area contributed by atoms with E-state index < -0.39 is 10.0 Å². The van der Waals surface area contributed by atoms with Gasteiger partial charge in [-0.15, -0.1) is 0 Å². The number of aromatic nitrogens is 1. The summed E-state index contributed by atoms with van der Waals surface area (Å²) in [6.45, 7) is 0.722. The van der Waals surface area contributed by atoms with Crippen LogP contribution in [0.3, 0.4) is 0 Å². The summed E-state index contributed by atoms with van der Waals surface area (Å²) < 4.78 is 33.6. The maximum Gasteiger partial charge on any atom is 0.243 e. The van der Waals surface area contributed by atoms with Crippen LogP contribution in [0.4, 0.5) is 0 Å². The Balaban J connectivity index is 1.37. The van der Waals surface area contributed by atoms with Crippen LogP contribution in [-0.2, 0) is 27.8 Å². The van der Waals surface area contributed by atoms with Gasteiger partial charge < -0.3 is 14.6 Å². The number of para-hydroxylation sites is 1. The highest BCUT2D eigenvalue weighted by molar-refractivity contribution is 7.89. The predicted octanol–water partition coefficient (Wildman–Crippen LogP) is 4.60. The van der Waals surface area contributed by atoms with E-state index in [1.165, 1.54) is 23.5 Å². The van der Waals surface area contributed by atoms with E-state index in [0.29, 0.717) is 25.3 Å². The Bertz CT molecular complexity index is 1460. The number of H-pyrrole nitrogens is 1. The third-order valence-corrected chi connectivity index (χ3v) is 8.72. The number of rotatable bonds is 11. The molecular formula is C29H31N3O4S. The number of benzene rings is 3. The monoisotopic (exact) mass is 517 g/mol. The van der Waals surface area contributed by atoms with E-state index in [9.17, 15) is 13.2 Å². The number of hydrogen-bond donors (Lipinski definition) is 1. The Morgan fingerprint density at radius 3 is 2.38 bits per heavy atom. The first-order valence-corrected chi connectivity index (χ1v) is 13.9. The van der Waals surface area contributed by atoms with Crippen molar-refractivity contribution in [1.82, 2.24) is 14.2 Å². The Kier molecular flexibility index (Phi) is 7.30. The molecule has 0 aliphatic heterocycles. The minimum atomic E-state index is -3.83. The number of aromatic amines is 1. The summed E-state index contributed by atoms with van der Waals surface area (Å²) >= 11 is 0. The van der Waals surface area contributed by atoms with Gasteiger partial charge in [0.05, 0.1) is 18.6 Å². The zero-order valence-corrected chi connectivity index (χ0v) is 21.7. The Hall–Kier alpha value is -3.62. The quantitative estimate of drug-likeness (QED) is 0.315. The van der Waals surface area contributed by atoms with Gasteiger partial charge in [-0.25, -0.2) is 8.42 Å². The third kappa shape index (κ3) is 5.70. The van der Waals surface area contributed by atoms with E-state index in [-0.39, 0.29) is 23.4 Å². The topological polar surface area (TPSA) is 82.7 Å². The van der Waals surface area contributed by atoms with Gasteiger partial charge in [0.2, 0.25) is 15.9 Å². The van der Waals surface area contributed by atoms with Crippen LogP contribution in [0.15, 0.2) is 90.0 Å². The van der Waals surface area contributed by atoms with Crippen molar-refractivity contribution < 1.29 is 17.9 Å². The smallest absolute Gasteiger partial charge is 0.243 e. The van der Waals surface area contributed by atoms with E-state index in [1.54, 1.807) is 17.0 Å². The van der Waals surface area contributed by atoms with E-state index in [1.807, 2.05) is 54.7 Å². The summed E-state index contributed by atoms with van der Waals surface area (Å²) in [5.74, 6) is 0.381. The number of methoxy groups -OCH3 is 1. The Labute approximate surface area is 217 Å². The molecule has 1 aromatic heterocycles. The van der Waals surface area contributed by atoms with Crippen molar-refractivity contribution >= 4 is 26.8 Å². The maximum atomic E-state index is 13.7. The number of nitrogens with one attached hydrogen (secondary N) is 1. The first-order valence-electron chi connectivity index (χ1n) is 12.5. The highest BCUT2D eigenvalue weighted by atomic mass is 32.2. The second-order valence-corrected chi connectivity index (χ2v) is 11.3. The van der Waals surface area contributed by atoms with Gasteiger partial charge in [-0.05, 0) is 60.7 Å². The highest BCUT2D eigenvalue weighted by Gasteiger charge is 2.40. The lowest BCUT2D eigenvalue weighted by Crippen LogP contribution is -2.44. The van der Waals surface area contributed by atoms with Gasteiger partial charge >= 0.3 is 0 Å². The van der Waals surface area contributed by atoms with Crippen LogP contribution in [0, 0.1) is 0 Å². The first-order chi connectivity index (χ1) is 18.0. The molecule has 3 aromatic carbocycles. The molecule has 0 spiro atoms. The molecule has 0 saturated heterocycles. The van der Waals surface area contributed by atoms with E-state index in [0.717, 1.165) is 34.9 Å². The van der Waals surface area contributed by atoms with Gasteiger partial charge in [-0.2, -0.15) is 4.31 Å². The third-order valence-electron chi connectivity index (χ3n) is 6.81. The molecule has 1 N–H and O–H groups in total. The lowest BCUT2D eigenvalue weighted by Gasteiger charge is -2.27. The molecule has 0 unspecified atom stereocenters. The molecule has 1 saturated carbocycles. The summed E-state index contributed by atoms with van der Waals surface area (Å²) in [7, 11) is -2.29. The van der Waals surface area contributed by atoms with Crippen molar-refractivity contribution in [2.24, 2.45) is 0 Å². The summed E-state index contributed by atoms with van der Waals surface area (Å²) in [6, 6.07) is 24.1. The maximum absolute atomic E-state index is 13.7. The molecule has 1 aliphatic rings. The lowest BCUT2D eigenvalue weighted by atomic mass is 10.1. The average molecular weight is 518 g/mol. The molecule has 1 aliphatic carbocycles. The van der Waals surface area contributed by atoms with Crippen LogP contribution >= 0.6 is 0 Å². The number of fused-ring (bicyclic) bond motifs is 1. The Morgan fingerprint density at radius 2 is 1.68 bits per heavy atom. The number of hydrogen-bond acceptors (Lipinski definition) is 4. The van der Waals surface area contributed by atoms with Crippen molar-refractivity contribution in [3.8, 4) is 5.75 Å². The van der Waals surface area contributed by atoms with Gasteiger partial charge in [0.25, 0.3) is 0 Å². The number of amides is 1. The van der Waals surface area contributed by atoms with Crippen molar-refractivity contribution in [3.63, 3.8) is 0 Å². The summed E-state index contributed by atoms with van der Waals surface area (Å²) in [5, 5.41) is 1.14. The largest absolute Gasteiger partial charge is 0.497 e. The minimum absolute atomic E-state index is 0.150. The number of carbonyl (C=O) groups excluding carboxylic acids is 1. The van der Waals surface area contributed by atoms with E-state index in [2.05, 4.69) is 11.1 Å². The standard InChI is InChI=1S/C29H31N3O4S/c1-36-25-13-15-26(16-14-25)37(34,35)32(24-11-12-24)21-29(33)31(20-22-7-3-2-4-8-22)18-17-23-19-30-28-10-6-5-9-27(23)28/h2-10,13-16,19,24,30H,11-12,17-18,20-21H2,1H3. The zero-order chi connectivity index (χ0) is 25.8. The SMILES string of the molecule is COc1ccc(S(=O)(=O)N(CC(=O)N(CCc2c[nH]c3ccccc23)Cc2ccccc2)C2CC2)cc1. The molecule has 37 heavy (non-hydrogen) atoms. The van der Waals surface area contributed by atoms with Crippen LogP contribution < -0.4 is 4.74 Å². The van der Waals surface area contributed by atoms with E-state index in [4.69, 9.17) is 4.74 Å². The first kappa shape index (κ1) is 25.0. The van der Waals surface area contributed by atoms with Gasteiger partial charge in [-0.3, -0.25) is 4.79 Å². The van der Waals surface area contributed by atoms with Gasteiger partial charge in [0, 0.05) is 36.2 Å². The molecule has 4 aromatic rings. The second kappa shape index (κ2) is 10.8. The molecule has 192 valence electrons. The molecule has 8 heteroatoms. The predicted molar refractivity (Wildman–Crippen MR) is 144 cm³/mol. The molecule has 0 atom stereocenters. The molecular weight excluding hydrogens is 486 g/mol. The molecule has 0 radical (unpaired) electrons. The average Bonchev–Trinajstić information content (AvgIpc) is 3.69. The van der Waals surface area contributed by atoms with Crippen LogP contribution in [0.25, 0.3) is 10.9 Å². The summed E-state index contributed by atoms with van der Waals surface area (Å²) in [5.41, 5.74) is 3.20. The molecule has 1 amide bonds. The fraction of sp³-hybridized carbons (Fsp3) is 0.276. The number of nitrogens with zero attached hydrogens (tertiary/aromatic N) is 2. The normalized spacial score (nSPS) is 13.7. The van der Waals surface area contributed by atoms with Gasteiger partial charge in [0.1, 0.15) is 5.75 Å². The molecule has 0 bridgehead atoms. The van der Waals surface area contributed by atoms with Crippen LogP contribution in [0.1, 0.15) is 24.0 Å². The molecule has 1 heterocycles. The summed E-state index contributed by atoms with van der Waals surface area (Å²) in [6.07, 6.45) is 4.17. The van der Waals surface area contributed by atoms with Gasteiger partial charge in [0.15, 0.2) is 0 Å².